The predicted molar refractivity (Wildman–Crippen MR) is 76.7 cm³/mol. The van der Waals surface area contributed by atoms with Crippen molar-refractivity contribution < 1.29 is 18.3 Å². The minimum atomic E-state index is -1.21. The number of methoxy groups -OCH3 is 1. The zero-order chi connectivity index (χ0) is 15.4. The predicted octanol–water partition coefficient (Wildman–Crippen LogP) is 3.17. The van der Waals surface area contributed by atoms with Crippen LogP contribution in [0.4, 0.5) is 14.5 Å². The van der Waals surface area contributed by atoms with Crippen molar-refractivity contribution in [2.24, 2.45) is 0 Å². The van der Waals surface area contributed by atoms with Gasteiger partial charge in [0.05, 0.1) is 23.4 Å². The highest BCUT2D eigenvalue weighted by atomic mass is 32.1. The number of carbonyl (C=O) groups is 1. The second-order valence-corrected chi connectivity index (χ2v) is 5.28. The van der Waals surface area contributed by atoms with Crippen LogP contribution < -0.4 is 5.32 Å². The Hall–Kier alpha value is -2.02. The van der Waals surface area contributed by atoms with Crippen molar-refractivity contribution in [3.63, 3.8) is 0 Å². The molecule has 0 unspecified atom stereocenters. The van der Waals surface area contributed by atoms with Crippen LogP contribution in [0, 0.1) is 18.6 Å². The molecule has 0 amide bonds. The van der Waals surface area contributed by atoms with E-state index >= 15 is 0 Å². The first kappa shape index (κ1) is 15.4. The van der Waals surface area contributed by atoms with Crippen LogP contribution in [0.3, 0.4) is 0 Å². The van der Waals surface area contributed by atoms with Crippen molar-refractivity contribution in [2.45, 2.75) is 13.3 Å². The molecule has 1 heterocycles. The van der Waals surface area contributed by atoms with Gasteiger partial charge >= 0.3 is 5.97 Å². The van der Waals surface area contributed by atoms with Crippen LogP contribution >= 0.6 is 11.3 Å². The van der Waals surface area contributed by atoms with Gasteiger partial charge in [-0.05, 0) is 19.1 Å². The van der Waals surface area contributed by atoms with Gasteiger partial charge < -0.3 is 10.1 Å². The quantitative estimate of drug-likeness (QED) is 0.862. The standard InChI is InChI=1S/C14H14F2N2O2S/c1-8-7-21-11(18-8)5-6-17-10-4-3-9(14(19)20-2)12(15)13(10)16/h3-4,7,17H,5-6H2,1-2H3. The largest absolute Gasteiger partial charge is 0.465 e. The fourth-order valence-electron chi connectivity index (χ4n) is 1.78. The van der Waals surface area contributed by atoms with E-state index in [-0.39, 0.29) is 5.69 Å². The van der Waals surface area contributed by atoms with E-state index in [9.17, 15) is 13.6 Å². The van der Waals surface area contributed by atoms with Crippen LogP contribution in [-0.2, 0) is 11.2 Å². The molecule has 0 saturated heterocycles. The number of aromatic nitrogens is 1. The molecule has 4 nitrogen and oxygen atoms in total. The number of esters is 1. The maximum atomic E-state index is 13.8. The molecule has 7 heteroatoms. The van der Waals surface area contributed by atoms with Crippen LogP contribution in [0.25, 0.3) is 0 Å². The topological polar surface area (TPSA) is 51.2 Å². The molecule has 21 heavy (non-hydrogen) atoms. The number of rotatable bonds is 5. The molecule has 1 aromatic carbocycles. The normalized spacial score (nSPS) is 10.5. The van der Waals surface area contributed by atoms with Gasteiger partial charge in [-0.1, -0.05) is 0 Å². The van der Waals surface area contributed by atoms with Crippen LogP contribution in [-0.4, -0.2) is 24.6 Å². The molecule has 0 aliphatic heterocycles. The summed E-state index contributed by atoms with van der Waals surface area (Å²) in [6.45, 7) is 2.31. The number of hydrogen-bond acceptors (Lipinski definition) is 5. The van der Waals surface area contributed by atoms with Crippen molar-refractivity contribution in [3.8, 4) is 0 Å². The molecule has 0 fully saturated rings. The van der Waals surface area contributed by atoms with E-state index in [1.807, 2.05) is 12.3 Å². The van der Waals surface area contributed by atoms with Crippen molar-refractivity contribution in [1.29, 1.82) is 0 Å². The SMILES string of the molecule is COC(=O)c1ccc(NCCc2nc(C)cs2)c(F)c1F. The van der Waals surface area contributed by atoms with Gasteiger partial charge in [-0.3, -0.25) is 0 Å². The fourth-order valence-corrected chi connectivity index (χ4v) is 2.55. The molecule has 2 aromatic rings. The number of benzene rings is 1. The molecule has 1 aromatic heterocycles. The van der Waals surface area contributed by atoms with Crippen LogP contribution in [0.5, 0.6) is 0 Å². The van der Waals surface area contributed by atoms with Gasteiger partial charge in [-0.2, -0.15) is 0 Å². The number of halogens is 2. The molecule has 0 saturated carbocycles. The molecule has 0 radical (unpaired) electrons. The summed E-state index contributed by atoms with van der Waals surface area (Å²) in [5.41, 5.74) is 0.527. The van der Waals surface area contributed by atoms with Gasteiger partial charge in [0.2, 0.25) is 0 Å². The number of aryl methyl sites for hydroxylation is 1. The summed E-state index contributed by atoms with van der Waals surface area (Å²) in [7, 11) is 1.11. The summed E-state index contributed by atoms with van der Waals surface area (Å²) in [5.74, 6) is -3.21. The molecule has 0 atom stereocenters. The van der Waals surface area contributed by atoms with Gasteiger partial charge in [-0.25, -0.2) is 18.6 Å². The zero-order valence-electron chi connectivity index (χ0n) is 11.6. The Morgan fingerprint density at radius 2 is 2.14 bits per heavy atom. The monoisotopic (exact) mass is 312 g/mol. The molecule has 0 bridgehead atoms. The summed E-state index contributed by atoms with van der Waals surface area (Å²) in [6, 6.07) is 2.51. The van der Waals surface area contributed by atoms with E-state index < -0.39 is 23.2 Å². The number of carbonyl (C=O) groups excluding carboxylic acids is 1. The lowest BCUT2D eigenvalue weighted by Crippen LogP contribution is -2.11. The number of thiazole rings is 1. The van der Waals surface area contributed by atoms with Crippen molar-refractivity contribution in [3.05, 3.63) is 45.4 Å². The summed E-state index contributed by atoms with van der Waals surface area (Å²) >= 11 is 1.52. The Bertz CT molecular complexity index is 658. The summed E-state index contributed by atoms with van der Waals surface area (Å²) in [4.78, 5) is 15.5. The molecule has 0 aliphatic carbocycles. The third kappa shape index (κ3) is 3.55. The van der Waals surface area contributed by atoms with Crippen molar-refractivity contribution in [2.75, 3.05) is 19.0 Å². The van der Waals surface area contributed by atoms with E-state index in [2.05, 4.69) is 15.0 Å². The maximum absolute atomic E-state index is 13.8. The van der Waals surface area contributed by atoms with Crippen LogP contribution in [0.2, 0.25) is 0 Å². The first-order valence-corrected chi connectivity index (χ1v) is 7.12. The Balaban J connectivity index is 2.04. The second kappa shape index (κ2) is 6.62. The first-order chi connectivity index (χ1) is 10.0. The lowest BCUT2D eigenvalue weighted by molar-refractivity contribution is 0.0594. The Kier molecular flexibility index (Phi) is 4.85. The minimum Gasteiger partial charge on any atom is -0.465 e. The lowest BCUT2D eigenvalue weighted by atomic mass is 10.2. The molecule has 0 spiro atoms. The highest BCUT2D eigenvalue weighted by molar-refractivity contribution is 7.09. The van der Waals surface area contributed by atoms with Crippen LogP contribution in [0.1, 0.15) is 21.1 Å². The molecule has 1 N–H and O–H groups in total. The highest BCUT2D eigenvalue weighted by Crippen LogP contribution is 2.21. The third-order valence-electron chi connectivity index (χ3n) is 2.81. The van der Waals surface area contributed by atoms with Gasteiger partial charge in [0.15, 0.2) is 11.6 Å². The van der Waals surface area contributed by atoms with E-state index in [0.717, 1.165) is 17.8 Å². The zero-order valence-corrected chi connectivity index (χ0v) is 12.4. The second-order valence-electron chi connectivity index (χ2n) is 4.34. The number of ether oxygens (including phenoxy) is 1. The maximum Gasteiger partial charge on any atom is 0.340 e. The average Bonchev–Trinajstić information content (AvgIpc) is 2.88. The fraction of sp³-hybridized carbons (Fsp3) is 0.286. The molecule has 112 valence electrons. The average molecular weight is 312 g/mol. The van der Waals surface area contributed by atoms with E-state index in [1.54, 1.807) is 0 Å². The highest BCUT2D eigenvalue weighted by Gasteiger charge is 2.18. The van der Waals surface area contributed by atoms with Gasteiger partial charge in [0.25, 0.3) is 0 Å². The van der Waals surface area contributed by atoms with Gasteiger partial charge in [-0.15, -0.1) is 11.3 Å². The Morgan fingerprint density at radius 3 is 2.76 bits per heavy atom. The first-order valence-electron chi connectivity index (χ1n) is 6.24. The van der Waals surface area contributed by atoms with E-state index in [0.29, 0.717) is 13.0 Å². The Labute approximate surface area is 124 Å². The number of nitrogens with zero attached hydrogens (tertiary/aromatic N) is 1. The van der Waals surface area contributed by atoms with Gasteiger partial charge in [0, 0.05) is 24.0 Å². The summed E-state index contributed by atoms with van der Waals surface area (Å²) < 4.78 is 31.9. The molecule has 2 rings (SSSR count). The summed E-state index contributed by atoms with van der Waals surface area (Å²) in [5, 5.41) is 5.65. The minimum absolute atomic E-state index is 0.00781. The smallest absolute Gasteiger partial charge is 0.340 e. The Morgan fingerprint density at radius 1 is 1.38 bits per heavy atom. The van der Waals surface area contributed by atoms with E-state index in [1.165, 1.54) is 23.5 Å². The number of anilines is 1. The number of hydrogen-bond donors (Lipinski definition) is 1. The lowest BCUT2D eigenvalue weighted by Gasteiger charge is -2.09. The molecule has 0 aliphatic rings. The van der Waals surface area contributed by atoms with Crippen molar-refractivity contribution in [1.82, 2.24) is 4.98 Å². The summed E-state index contributed by atoms with van der Waals surface area (Å²) in [6.07, 6.45) is 0.609. The van der Waals surface area contributed by atoms with Gasteiger partial charge in [0.1, 0.15) is 0 Å². The third-order valence-corrected chi connectivity index (χ3v) is 3.83. The van der Waals surface area contributed by atoms with Crippen LogP contribution in [0.15, 0.2) is 17.5 Å². The number of nitrogens with one attached hydrogen (secondary N) is 1. The molecular formula is C14H14F2N2O2S. The van der Waals surface area contributed by atoms with E-state index in [4.69, 9.17) is 0 Å². The van der Waals surface area contributed by atoms with Crippen molar-refractivity contribution >= 4 is 23.0 Å². The molecular weight excluding hydrogens is 298 g/mol.